The molecule has 0 fully saturated rings. The number of nitrogens with zero attached hydrogens (tertiary/aromatic N) is 1. The Morgan fingerprint density at radius 2 is 1.76 bits per heavy atom. The summed E-state index contributed by atoms with van der Waals surface area (Å²) in [7, 11) is 0. The first-order valence-electron chi connectivity index (χ1n) is 7.95. The molecule has 4 nitrogen and oxygen atoms in total. The molecule has 0 N–H and O–H groups in total. The summed E-state index contributed by atoms with van der Waals surface area (Å²) >= 11 is 0. The summed E-state index contributed by atoms with van der Waals surface area (Å²) in [5.74, 6) is 1.67. The molecule has 0 saturated heterocycles. The van der Waals surface area contributed by atoms with Crippen LogP contribution in [-0.4, -0.2) is 11.3 Å². The van der Waals surface area contributed by atoms with Crippen molar-refractivity contribution in [3.05, 3.63) is 84.4 Å². The number of aromatic nitrogens is 1. The van der Waals surface area contributed by atoms with Crippen LogP contribution in [0.3, 0.4) is 0 Å². The number of rotatable bonds is 5. The Balaban J connectivity index is 1.57. The normalized spacial score (nSPS) is 10.7. The molecule has 0 aliphatic heterocycles. The molecule has 0 bridgehead atoms. The summed E-state index contributed by atoms with van der Waals surface area (Å²) in [6.07, 6.45) is 2.50. The lowest BCUT2D eigenvalue weighted by molar-refractivity contribution is 0.112. The molecule has 4 rings (SSSR count). The molecule has 4 heteroatoms. The zero-order valence-electron chi connectivity index (χ0n) is 13.4. The molecule has 0 saturated carbocycles. The van der Waals surface area contributed by atoms with E-state index in [0.29, 0.717) is 23.0 Å². The van der Waals surface area contributed by atoms with Crippen molar-refractivity contribution in [1.82, 2.24) is 4.98 Å². The van der Waals surface area contributed by atoms with E-state index in [-0.39, 0.29) is 6.61 Å². The maximum atomic E-state index is 11.5. The van der Waals surface area contributed by atoms with E-state index in [1.165, 1.54) is 0 Å². The van der Waals surface area contributed by atoms with E-state index >= 15 is 0 Å². The van der Waals surface area contributed by atoms with Crippen LogP contribution in [0.5, 0.6) is 5.75 Å². The second kappa shape index (κ2) is 6.61. The molecule has 25 heavy (non-hydrogen) atoms. The van der Waals surface area contributed by atoms with Crippen LogP contribution in [0.1, 0.15) is 16.2 Å². The number of hydrogen-bond donors (Lipinski definition) is 0. The van der Waals surface area contributed by atoms with E-state index in [1.54, 1.807) is 12.3 Å². The predicted octanol–water partition coefficient (Wildman–Crippen LogP) is 4.89. The highest BCUT2D eigenvalue weighted by Gasteiger charge is 2.11. The molecule has 0 amide bonds. The van der Waals surface area contributed by atoms with E-state index in [0.717, 1.165) is 22.6 Å². The average molecular weight is 329 g/mol. The number of carbonyl (C=O) groups is 1. The molecule has 0 spiro atoms. The molecule has 4 aromatic rings. The molecule has 1 aromatic heterocycles. The fourth-order valence-corrected chi connectivity index (χ4v) is 2.78. The average Bonchev–Trinajstić information content (AvgIpc) is 3.15. The van der Waals surface area contributed by atoms with Gasteiger partial charge in [0.2, 0.25) is 5.89 Å². The first kappa shape index (κ1) is 15.1. The smallest absolute Gasteiger partial charge is 0.232 e. The van der Waals surface area contributed by atoms with Gasteiger partial charge in [0.15, 0.2) is 18.7 Å². The number of aldehydes is 1. The maximum absolute atomic E-state index is 11.5. The third-order valence-electron chi connectivity index (χ3n) is 4.01. The van der Waals surface area contributed by atoms with Crippen LogP contribution in [0.15, 0.2) is 77.3 Å². The third-order valence-corrected chi connectivity index (χ3v) is 4.01. The minimum absolute atomic E-state index is 0.159. The lowest BCUT2D eigenvalue weighted by atomic mass is 10.0. The summed E-state index contributed by atoms with van der Waals surface area (Å²) in [4.78, 5) is 15.8. The van der Waals surface area contributed by atoms with Gasteiger partial charge in [-0.2, -0.15) is 0 Å². The van der Waals surface area contributed by atoms with Gasteiger partial charge >= 0.3 is 0 Å². The first-order chi connectivity index (χ1) is 12.3. The molecule has 0 aliphatic carbocycles. The molecule has 0 aliphatic rings. The van der Waals surface area contributed by atoms with Crippen molar-refractivity contribution in [2.75, 3.05) is 0 Å². The SMILES string of the molecule is O=Cc1c(OCc2ncc(-c3ccccc3)o2)ccc2ccccc12. The van der Waals surface area contributed by atoms with E-state index in [2.05, 4.69) is 4.98 Å². The topological polar surface area (TPSA) is 52.3 Å². The highest BCUT2D eigenvalue weighted by molar-refractivity contribution is 6.00. The Morgan fingerprint density at radius 3 is 2.60 bits per heavy atom. The molecule has 0 radical (unpaired) electrons. The van der Waals surface area contributed by atoms with Crippen molar-refractivity contribution < 1.29 is 13.9 Å². The Hall–Kier alpha value is -3.40. The number of fused-ring (bicyclic) bond motifs is 1. The van der Waals surface area contributed by atoms with Crippen molar-refractivity contribution in [1.29, 1.82) is 0 Å². The van der Waals surface area contributed by atoms with Gasteiger partial charge in [0.05, 0.1) is 11.8 Å². The van der Waals surface area contributed by atoms with Crippen molar-refractivity contribution in [2.24, 2.45) is 0 Å². The molecule has 3 aromatic carbocycles. The summed E-state index contributed by atoms with van der Waals surface area (Å²) < 4.78 is 11.5. The van der Waals surface area contributed by atoms with Crippen LogP contribution in [0, 0.1) is 0 Å². The number of benzene rings is 3. The highest BCUT2D eigenvalue weighted by Crippen LogP contribution is 2.27. The Labute approximate surface area is 144 Å². The molecule has 1 heterocycles. The quantitative estimate of drug-likeness (QED) is 0.489. The fourth-order valence-electron chi connectivity index (χ4n) is 2.78. The first-order valence-corrected chi connectivity index (χ1v) is 7.95. The molecule has 0 unspecified atom stereocenters. The van der Waals surface area contributed by atoms with E-state index < -0.39 is 0 Å². The van der Waals surface area contributed by atoms with Gasteiger partial charge in [-0.25, -0.2) is 4.98 Å². The van der Waals surface area contributed by atoms with Crippen molar-refractivity contribution >= 4 is 17.1 Å². The lowest BCUT2D eigenvalue weighted by Gasteiger charge is -2.09. The maximum Gasteiger partial charge on any atom is 0.232 e. The van der Waals surface area contributed by atoms with Crippen LogP contribution in [0.4, 0.5) is 0 Å². The monoisotopic (exact) mass is 329 g/mol. The van der Waals surface area contributed by atoms with Crippen LogP contribution in [0.2, 0.25) is 0 Å². The van der Waals surface area contributed by atoms with Gasteiger partial charge in [-0.3, -0.25) is 4.79 Å². The third kappa shape index (κ3) is 3.02. The minimum atomic E-state index is 0.159. The summed E-state index contributed by atoms with van der Waals surface area (Å²) in [6, 6.07) is 21.2. The standard InChI is InChI=1S/C21H15NO3/c23-13-18-17-9-5-4-6-15(17)10-11-19(18)24-14-21-22-12-20(25-21)16-7-2-1-3-8-16/h1-13H,14H2. The van der Waals surface area contributed by atoms with Gasteiger partial charge < -0.3 is 9.15 Å². The van der Waals surface area contributed by atoms with E-state index in [1.807, 2.05) is 60.7 Å². The zero-order valence-corrected chi connectivity index (χ0v) is 13.4. The van der Waals surface area contributed by atoms with Gasteiger partial charge in [-0.05, 0) is 16.8 Å². The van der Waals surface area contributed by atoms with Crippen LogP contribution in [0.25, 0.3) is 22.1 Å². The van der Waals surface area contributed by atoms with Crippen LogP contribution in [-0.2, 0) is 6.61 Å². The highest BCUT2D eigenvalue weighted by atomic mass is 16.5. The van der Waals surface area contributed by atoms with Crippen molar-refractivity contribution in [2.45, 2.75) is 6.61 Å². The number of ether oxygens (including phenoxy) is 1. The van der Waals surface area contributed by atoms with Crippen LogP contribution < -0.4 is 4.74 Å². The number of carbonyl (C=O) groups excluding carboxylic acids is 1. The predicted molar refractivity (Wildman–Crippen MR) is 95.6 cm³/mol. The van der Waals surface area contributed by atoms with Crippen molar-refractivity contribution in [3.63, 3.8) is 0 Å². The van der Waals surface area contributed by atoms with E-state index in [4.69, 9.17) is 9.15 Å². The van der Waals surface area contributed by atoms with Crippen LogP contribution >= 0.6 is 0 Å². The lowest BCUT2D eigenvalue weighted by Crippen LogP contribution is -1.99. The molecular formula is C21H15NO3. The molecular weight excluding hydrogens is 314 g/mol. The fraction of sp³-hybridized carbons (Fsp3) is 0.0476. The van der Waals surface area contributed by atoms with Crippen molar-refractivity contribution in [3.8, 4) is 17.1 Å². The molecule has 0 atom stereocenters. The second-order valence-corrected chi connectivity index (χ2v) is 5.59. The van der Waals surface area contributed by atoms with Gasteiger partial charge in [-0.15, -0.1) is 0 Å². The van der Waals surface area contributed by atoms with Gasteiger partial charge in [-0.1, -0.05) is 60.7 Å². The molecule has 122 valence electrons. The Kier molecular flexibility index (Phi) is 4.01. The van der Waals surface area contributed by atoms with E-state index in [9.17, 15) is 4.79 Å². The Morgan fingerprint density at radius 1 is 0.960 bits per heavy atom. The summed E-state index contributed by atoms with van der Waals surface area (Å²) in [6.45, 7) is 0.159. The van der Waals surface area contributed by atoms with Gasteiger partial charge in [0.1, 0.15) is 5.75 Å². The van der Waals surface area contributed by atoms with Gasteiger partial charge in [0.25, 0.3) is 0 Å². The summed E-state index contributed by atoms with van der Waals surface area (Å²) in [5, 5.41) is 1.87. The summed E-state index contributed by atoms with van der Waals surface area (Å²) in [5.41, 5.74) is 1.49. The number of oxazole rings is 1. The Bertz CT molecular complexity index is 1020. The minimum Gasteiger partial charge on any atom is -0.483 e. The zero-order chi connectivity index (χ0) is 17.1. The number of hydrogen-bond acceptors (Lipinski definition) is 4. The largest absolute Gasteiger partial charge is 0.483 e. The van der Waals surface area contributed by atoms with Gasteiger partial charge in [0, 0.05) is 5.56 Å². The second-order valence-electron chi connectivity index (χ2n) is 5.59.